The van der Waals surface area contributed by atoms with Crippen molar-refractivity contribution in [3.05, 3.63) is 0 Å². The lowest BCUT2D eigenvalue weighted by molar-refractivity contribution is 0.0577. The van der Waals surface area contributed by atoms with Gasteiger partial charge in [-0.2, -0.15) is 0 Å². The number of hydrogen-bond acceptors (Lipinski definition) is 4. The van der Waals surface area contributed by atoms with Crippen LogP contribution in [0.2, 0.25) is 0 Å². The predicted molar refractivity (Wildman–Crippen MR) is 64.4 cm³/mol. The van der Waals surface area contributed by atoms with Crippen LogP contribution in [0.25, 0.3) is 0 Å². The molecule has 0 aromatic carbocycles. The Morgan fingerprint density at radius 3 is 0.929 bits per heavy atom. The molecule has 0 rings (SSSR count). The number of methoxy groups -OCH3 is 2. The van der Waals surface area contributed by atoms with Crippen molar-refractivity contribution in [1.82, 2.24) is 0 Å². The number of rotatable bonds is 4. The second kappa shape index (κ2) is 52.1. The SMILES string of the molecule is C.C.C.C.[B]OCOC.[B]OCOC. The topological polar surface area (TPSA) is 36.9 Å². The molecule has 0 unspecified atom stereocenters. The third-order valence-corrected chi connectivity index (χ3v) is 0.372. The van der Waals surface area contributed by atoms with E-state index in [4.69, 9.17) is 0 Å². The van der Waals surface area contributed by atoms with Crippen LogP contribution in [0.5, 0.6) is 0 Å². The standard InChI is InChI=1S/2C2H5BO2.4CH4/c2*1-4-2-5-3;;;;/h2*2H2,1H3;4*1H4. The fourth-order valence-electron chi connectivity index (χ4n) is 0.136. The van der Waals surface area contributed by atoms with Crippen molar-refractivity contribution in [2.45, 2.75) is 29.7 Å². The van der Waals surface area contributed by atoms with Gasteiger partial charge < -0.3 is 18.8 Å². The Balaban J connectivity index is -0.0000000178. The van der Waals surface area contributed by atoms with E-state index in [1.807, 2.05) is 0 Å². The molecule has 6 heteroatoms. The maximum Gasteiger partial charge on any atom is 0.285 e. The van der Waals surface area contributed by atoms with E-state index in [2.05, 4.69) is 34.9 Å². The highest BCUT2D eigenvalue weighted by molar-refractivity contribution is 5.98. The molecule has 14 heavy (non-hydrogen) atoms. The Morgan fingerprint density at radius 2 is 0.929 bits per heavy atom. The Morgan fingerprint density at radius 1 is 0.714 bits per heavy atom. The molecule has 0 aliphatic heterocycles. The fraction of sp³-hybridized carbons (Fsp3) is 1.00. The van der Waals surface area contributed by atoms with Gasteiger partial charge in [0.15, 0.2) is 0 Å². The Labute approximate surface area is 93.2 Å². The maximum atomic E-state index is 4.51. The highest BCUT2D eigenvalue weighted by Crippen LogP contribution is 1.59. The van der Waals surface area contributed by atoms with Crippen molar-refractivity contribution in [3.8, 4) is 0 Å². The molecule has 0 bridgehead atoms. The fourth-order valence-corrected chi connectivity index (χ4v) is 0.136. The molecule has 88 valence electrons. The summed E-state index contributed by atoms with van der Waals surface area (Å²) >= 11 is 0. The molecular formula is C8H26B2O4. The molecular weight excluding hydrogens is 182 g/mol. The Bertz CT molecular complexity index is 40.3. The van der Waals surface area contributed by atoms with Crippen molar-refractivity contribution >= 4 is 16.1 Å². The van der Waals surface area contributed by atoms with Gasteiger partial charge in [-0.05, 0) is 0 Å². The first-order valence-corrected chi connectivity index (χ1v) is 2.44. The Hall–Kier alpha value is -0.0301. The molecule has 0 aliphatic carbocycles. The highest BCUT2D eigenvalue weighted by Gasteiger charge is 1.64. The van der Waals surface area contributed by atoms with E-state index < -0.39 is 0 Å². The maximum absolute atomic E-state index is 4.51. The van der Waals surface area contributed by atoms with E-state index in [-0.39, 0.29) is 43.3 Å². The van der Waals surface area contributed by atoms with Gasteiger partial charge in [-0.1, -0.05) is 29.7 Å². The molecule has 0 aromatic heterocycles. The first-order chi connectivity index (χ1) is 4.83. The zero-order valence-electron chi connectivity index (χ0n) is 6.20. The minimum atomic E-state index is 0. The summed E-state index contributed by atoms with van der Waals surface area (Å²) in [5, 5.41) is 0. The normalized spacial score (nSPS) is 5.86. The van der Waals surface area contributed by atoms with Crippen LogP contribution in [-0.4, -0.2) is 43.9 Å². The predicted octanol–water partition coefficient (Wildman–Crippen LogP) is 1.93. The van der Waals surface area contributed by atoms with Gasteiger partial charge in [0, 0.05) is 14.2 Å². The van der Waals surface area contributed by atoms with E-state index in [1.165, 1.54) is 14.2 Å². The van der Waals surface area contributed by atoms with Gasteiger partial charge >= 0.3 is 0 Å². The summed E-state index contributed by atoms with van der Waals surface area (Å²) in [5.74, 6) is 0. The molecule has 0 aliphatic rings. The molecule has 4 radical (unpaired) electrons. The highest BCUT2D eigenvalue weighted by atomic mass is 16.6. The largest absolute Gasteiger partial charge is 0.427 e. The van der Waals surface area contributed by atoms with Crippen molar-refractivity contribution < 1.29 is 18.8 Å². The summed E-state index contributed by atoms with van der Waals surface area (Å²) in [5.41, 5.74) is 0. The van der Waals surface area contributed by atoms with Crippen LogP contribution in [0, 0.1) is 0 Å². The van der Waals surface area contributed by atoms with Crippen molar-refractivity contribution in [2.24, 2.45) is 0 Å². The van der Waals surface area contributed by atoms with E-state index in [0.717, 1.165) is 0 Å². The third kappa shape index (κ3) is 91.4. The smallest absolute Gasteiger partial charge is 0.285 e. The van der Waals surface area contributed by atoms with E-state index >= 15 is 0 Å². The molecule has 0 heterocycles. The van der Waals surface area contributed by atoms with Gasteiger partial charge in [0.25, 0.3) is 16.1 Å². The minimum Gasteiger partial charge on any atom is -0.427 e. The summed E-state index contributed by atoms with van der Waals surface area (Å²) in [6.07, 6.45) is 0. The zero-order valence-corrected chi connectivity index (χ0v) is 6.20. The molecule has 0 saturated heterocycles. The second-order valence-corrected chi connectivity index (χ2v) is 1.15. The average Bonchev–Trinajstić information content (AvgIpc) is 1.93. The summed E-state index contributed by atoms with van der Waals surface area (Å²) in [4.78, 5) is 0. The molecule has 4 nitrogen and oxygen atoms in total. The van der Waals surface area contributed by atoms with Crippen LogP contribution in [0.4, 0.5) is 0 Å². The number of hydrogen-bond donors (Lipinski definition) is 0. The lowest BCUT2D eigenvalue weighted by Crippen LogP contribution is -1.89. The molecule has 0 atom stereocenters. The van der Waals surface area contributed by atoms with E-state index in [1.54, 1.807) is 0 Å². The van der Waals surface area contributed by atoms with Crippen LogP contribution in [0.1, 0.15) is 29.7 Å². The van der Waals surface area contributed by atoms with Crippen molar-refractivity contribution in [3.63, 3.8) is 0 Å². The molecule has 0 fully saturated rings. The summed E-state index contributed by atoms with van der Waals surface area (Å²) < 4.78 is 16.6. The van der Waals surface area contributed by atoms with Gasteiger partial charge in [-0.25, -0.2) is 0 Å². The van der Waals surface area contributed by atoms with Crippen LogP contribution in [0.15, 0.2) is 0 Å². The second-order valence-electron chi connectivity index (χ2n) is 1.15. The molecule has 0 N–H and O–H groups in total. The van der Waals surface area contributed by atoms with Gasteiger partial charge in [-0.3, -0.25) is 0 Å². The lowest BCUT2D eigenvalue weighted by atomic mass is 10.6. The number of ether oxygens (including phenoxy) is 2. The minimum absolute atomic E-state index is 0. The van der Waals surface area contributed by atoms with Crippen LogP contribution in [-0.2, 0) is 18.8 Å². The van der Waals surface area contributed by atoms with Crippen molar-refractivity contribution in [2.75, 3.05) is 27.8 Å². The van der Waals surface area contributed by atoms with Crippen molar-refractivity contribution in [1.29, 1.82) is 0 Å². The van der Waals surface area contributed by atoms with Crippen LogP contribution in [0.3, 0.4) is 0 Å². The quantitative estimate of drug-likeness (QED) is 0.522. The van der Waals surface area contributed by atoms with Crippen LogP contribution < -0.4 is 0 Å². The van der Waals surface area contributed by atoms with Gasteiger partial charge in [0.05, 0.1) is 0 Å². The summed E-state index contributed by atoms with van der Waals surface area (Å²) in [6, 6.07) is 0. The monoisotopic (exact) mass is 208 g/mol. The Kier molecular flexibility index (Phi) is 138. The van der Waals surface area contributed by atoms with E-state index in [9.17, 15) is 0 Å². The van der Waals surface area contributed by atoms with Gasteiger partial charge in [0.1, 0.15) is 13.6 Å². The third-order valence-electron chi connectivity index (χ3n) is 0.372. The summed E-state index contributed by atoms with van der Waals surface area (Å²) in [7, 11) is 12.0. The average molecular weight is 208 g/mol. The van der Waals surface area contributed by atoms with Gasteiger partial charge in [0.2, 0.25) is 0 Å². The first-order valence-electron chi connectivity index (χ1n) is 2.44. The lowest BCUT2D eigenvalue weighted by Gasteiger charge is -1.88. The van der Waals surface area contributed by atoms with Gasteiger partial charge in [-0.15, -0.1) is 0 Å². The first kappa shape index (κ1) is 37.0. The molecule has 0 aromatic rings. The van der Waals surface area contributed by atoms with Crippen LogP contribution >= 0.6 is 0 Å². The molecule has 0 spiro atoms. The van der Waals surface area contributed by atoms with E-state index in [0.29, 0.717) is 0 Å². The zero-order chi connectivity index (χ0) is 8.24. The molecule has 0 amide bonds. The molecule has 0 saturated carbocycles. The summed E-state index contributed by atoms with van der Waals surface area (Å²) in [6.45, 7) is 0.333.